The Hall–Kier alpha value is -3.54. The standard InChI is InChI=1S/C28H27NO5/c30-25(18-11-12-22-20(15-18)14-17-6-1-2-8-21(17)22)16-19(28(33)34)7-5-13-29-26(31)23-9-3-4-10-24(23)27(29)32/h3-4,9-12,15,19H,1-2,5-8,13-14,16H2,(H,33,34). The van der Waals surface area contributed by atoms with Gasteiger partial charge in [0.15, 0.2) is 5.78 Å². The van der Waals surface area contributed by atoms with Gasteiger partial charge in [-0.1, -0.05) is 29.8 Å². The summed E-state index contributed by atoms with van der Waals surface area (Å²) >= 11 is 0. The van der Waals surface area contributed by atoms with Crippen LogP contribution in [0, 0.1) is 5.92 Å². The Labute approximate surface area is 198 Å². The molecule has 1 unspecified atom stereocenters. The Bertz CT molecular complexity index is 1210. The minimum absolute atomic E-state index is 0.0939. The van der Waals surface area contributed by atoms with Crippen LogP contribution in [-0.4, -0.2) is 40.1 Å². The molecule has 0 fully saturated rings. The van der Waals surface area contributed by atoms with Gasteiger partial charge in [-0.2, -0.15) is 0 Å². The zero-order valence-electron chi connectivity index (χ0n) is 19.0. The van der Waals surface area contributed by atoms with E-state index in [0.29, 0.717) is 23.1 Å². The summed E-state index contributed by atoms with van der Waals surface area (Å²) < 4.78 is 0. The quantitative estimate of drug-likeness (QED) is 0.449. The van der Waals surface area contributed by atoms with Gasteiger partial charge in [0.05, 0.1) is 17.0 Å². The van der Waals surface area contributed by atoms with E-state index >= 15 is 0 Å². The SMILES string of the molecule is O=C(CC(CCCN1C(=O)c2ccccc2C1=O)C(=O)O)c1ccc2c(c1)CC1=C2CCCC1. The van der Waals surface area contributed by atoms with E-state index in [-0.39, 0.29) is 37.0 Å². The van der Waals surface area contributed by atoms with Gasteiger partial charge < -0.3 is 5.11 Å². The Morgan fingerprint density at radius 1 is 0.941 bits per heavy atom. The molecule has 0 saturated carbocycles. The molecule has 174 valence electrons. The summed E-state index contributed by atoms with van der Waals surface area (Å²) in [6.45, 7) is 0.139. The van der Waals surface area contributed by atoms with E-state index in [1.54, 1.807) is 24.3 Å². The van der Waals surface area contributed by atoms with Gasteiger partial charge in [0.2, 0.25) is 0 Å². The van der Waals surface area contributed by atoms with E-state index < -0.39 is 11.9 Å². The highest BCUT2D eigenvalue weighted by atomic mass is 16.4. The molecule has 34 heavy (non-hydrogen) atoms. The zero-order valence-corrected chi connectivity index (χ0v) is 19.0. The topological polar surface area (TPSA) is 91.8 Å². The van der Waals surface area contributed by atoms with E-state index in [4.69, 9.17) is 0 Å². The van der Waals surface area contributed by atoms with Gasteiger partial charge >= 0.3 is 5.97 Å². The summed E-state index contributed by atoms with van der Waals surface area (Å²) in [5.74, 6) is -2.77. The maximum absolute atomic E-state index is 13.0. The van der Waals surface area contributed by atoms with Crippen molar-refractivity contribution in [3.05, 3.63) is 75.9 Å². The van der Waals surface area contributed by atoms with Gasteiger partial charge in [0.1, 0.15) is 0 Å². The first-order valence-corrected chi connectivity index (χ1v) is 12.0. The monoisotopic (exact) mass is 457 g/mol. The van der Waals surface area contributed by atoms with Crippen molar-refractivity contribution >= 4 is 29.1 Å². The number of allylic oxidation sites excluding steroid dienone is 2. The third-order valence-electron chi connectivity index (χ3n) is 7.33. The number of aliphatic carboxylic acids is 1. The number of hydrogen-bond acceptors (Lipinski definition) is 4. The highest BCUT2D eigenvalue weighted by Crippen LogP contribution is 2.41. The number of imide groups is 1. The number of carboxylic acid groups (broad SMARTS) is 1. The first kappa shape index (κ1) is 22.3. The van der Waals surface area contributed by atoms with Crippen LogP contribution >= 0.6 is 0 Å². The number of benzene rings is 2. The Morgan fingerprint density at radius 2 is 1.65 bits per heavy atom. The van der Waals surface area contributed by atoms with Crippen LogP contribution in [-0.2, 0) is 11.2 Å². The van der Waals surface area contributed by atoms with Gasteiger partial charge in [-0.05, 0) is 79.8 Å². The molecule has 5 rings (SSSR count). The average Bonchev–Trinajstić information content (AvgIpc) is 3.33. The smallest absolute Gasteiger partial charge is 0.306 e. The second kappa shape index (κ2) is 9.01. The Kier molecular flexibility index (Phi) is 5.90. The van der Waals surface area contributed by atoms with Crippen LogP contribution in [0.25, 0.3) is 5.57 Å². The predicted octanol–water partition coefficient (Wildman–Crippen LogP) is 4.92. The summed E-state index contributed by atoms with van der Waals surface area (Å²) in [5, 5.41) is 9.70. The molecule has 6 nitrogen and oxygen atoms in total. The highest BCUT2D eigenvalue weighted by molar-refractivity contribution is 6.21. The van der Waals surface area contributed by atoms with E-state index in [1.165, 1.54) is 40.0 Å². The Balaban J connectivity index is 1.20. The molecule has 2 aromatic carbocycles. The van der Waals surface area contributed by atoms with Crippen LogP contribution in [0.3, 0.4) is 0 Å². The number of hydrogen-bond donors (Lipinski definition) is 1. The lowest BCUT2D eigenvalue weighted by Crippen LogP contribution is -2.31. The first-order chi connectivity index (χ1) is 16.4. The highest BCUT2D eigenvalue weighted by Gasteiger charge is 2.35. The molecule has 1 heterocycles. The van der Waals surface area contributed by atoms with Crippen molar-refractivity contribution in [3.63, 3.8) is 0 Å². The summed E-state index contributed by atoms with van der Waals surface area (Å²) in [4.78, 5) is 51.0. The second-order valence-electron chi connectivity index (χ2n) is 9.45. The number of ketones is 1. The average molecular weight is 458 g/mol. The van der Waals surface area contributed by atoms with Crippen LogP contribution in [0.2, 0.25) is 0 Å². The lowest BCUT2D eigenvalue weighted by molar-refractivity contribution is -0.141. The van der Waals surface area contributed by atoms with E-state index in [0.717, 1.165) is 19.3 Å². The molecule has 2 aliphatic carbocycles. The van der Waals surface area contributed by atoms with Crippen molar-refractivity contribution in [3.8, 4) is 0 Å². The minimum atomic E-state index is -1.03. The van der Waals surface area contributed by atoms with Crippen LogP contribution in [0.1, 0.15) is 87.1 Å². The normalized spacial score (nSPS) is 17.5. The van der Waals surface area contributed by atoms with Crippen molar-refractivity contribution in [1.82, 2.24) is 4.90 Å². The molecule has 6 heteroatoms. The van der Waals surface area contributed by atoms with Crippen LogP contribution in [0.15, 0.2) is 48.0 Å². The summed E-state index contributed by atoms with van der Waals surface area (Å²) in [7, 11) is 0. The number of fused-ring (bicyclic) bond motifs is 3. The molecule has 2 amide bonds. The van der Waals surface area contributed by atoms with Crippen LogP contribution < -0.4 is 0 Å². The lowest BCUT2D eigenvalue weighted by atomic mass is 9.91. The first-order valence-electron chi connectivity index (χ1n) is 12.0. The van der Waals surface area contributed by atoms with Gasteiger partial charge in [0, 0.05) is 18.5 Å². The molecule has 1 aliphatic heterocycles. The molecule has 0 spiro atoms. The maximum atomic E-state index is 13.0. The second-order valence-corrected chi connectivity index (χ2v) is 9.45. The number of carbonyl (C=O) groups excluding carboxylic acids is 3. The summed E-state index contributed by atoms with van der Waals surface area (Å²) in [6, 6.07) is 12.5. The van der Waals surface area contributed by atoms with E-state index in [2.05, 4.69) is 0 Å². The van der Waals surface area contributed by atoms with Crippen molar-refractivity contribution in [2.75, 3.05) is 6.54 Å². The number of rotatable bonds is 8. The molecule has 1 atom stereocenters. The third kappa shape index (κ3) is 3.98. The molecular weight excluding hydrogens is 430 g/mol. The van der Waals surface area contributed by atoms with Gasteiger partial charge in [-0.15, -0.1) is 0 Å². The zero-order chi connectivity index (χ0) is 23.8. The third-order valence-corrected chi connectivity index (χ3v) is 7.33. The molecule has 0 bridgehead atoms. The molecule has 0 radical (unpaired) electrons. The summed E-state index contributed by atoms with van der Waals surface area (Å²) in [6.07, 6.45) is 6.01. The van der Waals surface area contributed by atoms with Gasteiger partial charge in [-0.25, -0.2) is 0 Å². The fourth-order valence-electron chi connectivity index (χ4n) is 5.52. The fraction of sp³-hybridized carbons (Fsp3) is 0.357. The minimum Gasteiger partial charge on any atom is -0.481 e. The van der Waals surface area contributed by atoms with E-state index in [1.807, 2.05) is 18.2 Å². The largest absolute Gasteiger partial charge is 0.481 e. The van der Waals surface area contributed by atoms with Crippen LogP contribution in [0.4, 0.5) is 0 Å². The Morgan fingerprint density at radius 3 is 2.35 bits per heavy atom. The lowest BCUT2D eigenvalue weighted by Gasteiger charge is -2.16. The molecular formula is C28H27NO5. The van der Waals surface area contributed by atoms with Crippen molar-refractivity contribution in [2.24, 2.45) is 5.92 Å². The number of carboxylic acids is 1. The number of amides is 2. The van der Waals surface area contributed by atoms with Crippen molar-refractivity contribution in [1.29, 1.82) is 0 Å². The number of Topliss-reactive ketones (excluding diaryl/α,β-unsaturated/α-hetero) is 1. The molecule has 0 aromatic heterocycles. The predicted molar refractivity (Wildman–Crippen MR) is 127 cm³/mol. The van der Waals surface area contributed by atoms with Crippen molar-refractivity contribution in [2.45, 2.75) is 51.4 Å². The van der Waals surface area contributed by atoms with Crippen LogP contribution in [0.5, 0.6) is 0 Å². The molecule has 1 N–H and O–H groups in total. The fourth-order valence-corrected chi connectivity index (χ4v) is 5.52. The van der Waals surface area contributed by atoms with E-state index in [9.17, 15) is 24.3 Å². The molecule has 3 aliphatic rings. The van der Waals surface area contributed by atoms with Crippen molar-refractivity contribution < 1.29 is 24.3 Å². The number of carbonyl (C=O) groups is 4. The van der Waals surface area contributed by atoms with Gasteiger partial charge in [-0.3, -0.25) is 24.1 Å². The number of nitrogens with zero attached hydrogens (tertiary/aromatic N) is 1. The molecule has 2 aromatic rings. The molecule has 0 saturated heterocycles. The van der Waals surface area contributed by atoms with Gasteiger partial charge in [0.25, 0.3) is 11.8 Å². The summed E-state index contributed by atoms with van der Waals surface area (Å²) in [5.41, 5.74) is 6.68. The maximum Gasteiger partial charge on any atom is 0.306 e.